The van der Waals surface area contributed by atoms with Gasteiger partial charge in [0.15, 0.2) is 0 Å². The molecule has 0 bridgehead atoms. The average molecular weight is 280 g/mol. The third-order valence-corrected chi connectivity index (χ3v) is 3.20. The molecule has 21 heavy (non-hydrogen) atoms. The lowest BCUT2D eigenvalue weighted by atomic mass is 10.2. The zero-order valence-corrected chi connectivity index (χ0v) is 10.7. The summed E-state index contributed by atoms with van der Waals surface area (Å²) in [5.74, 6) is 0.531. The molecule has 2 aromatic heterocycles. The normalized spacial score (nSPS) is 11.1. The lowest BCUT2D eigenvalue weighted by molar-refractivity contribution is 0.432. The number of hydrogen-bond donors (Lipinski definition) is 1. The van der Waals surface area contributed by atoms with Gasteiger partial charge in [0.2, 0.25) is 5.82 Å². The van der Waals surface area contributed by atoms with E-state index in [1.807, 2.05) is 18.2 Å². The van der Waals surface area contributed by atoms with Crippen LogP contribution in [0.5, 0.6) is 0 Å². The van der Waals surface area contributed by atoms with Gasteiger partial charge >= 0.3 is 0 Å². The molecular formula is C15H9FN4O. The van der Waals surface area contributed by atoms with Crippen molar-refractivity contribution < 1.29 is 8.91 Å². The summed E-state index contributed by atoms with van der Waals surface area (Å²) in [6.07, 6.45) is 1.63. The van der Waals surface area contributed by atoms with Crippen LogP contribution in [0.25, 0.3) is 33.9 Å². The maximum absolute atomic E-state index is 12.9. The maximum Gasteiger partial charge on any atom is 0.258 e. The molecule has 0 aliphatic heterocycles. The van der Waals surface area contributed by atoms with E-state index in [9.17, 15) is 4.39 Å². The molecule has 1 N–H and O–H groups in total. The fourth-order valence-corrected chi connectivity index (χ4v) is 2.13. The Morgan fingerprint density at radius 1 is 1.00 bits per heavy atom. The van der Waals surface area contributed by atoms with Crippen molar-refractivity contribution in [2.24, 2.45) is 0 Å². The molecule has 102 valence electrons. The summed E-state index contributed by atoms with van der Waals surface area (Å²) in [6.45, 7) is 0. The number of hydrogen-bond acceptors (Lipinski definition) is 4. The lowest BCUT2D eigenvalue weighted by Crippen LogP contribution is -1.82. The van der Waals surface area contributed by atoms with E-state index < -0.39 is 0 Å². The zero-order valence-electron chi connectivity index (χ0n) is 10.7. The van der Waals surface area contributed by atoms with Crippen LogP contribution in [0.2, 0.25) is 0 Å². The SMILES string of the molecule is Fc1ccc(-c2nc(-c3ccc4nc[nH]c4c3)no2)cc1. The number of H-pyrrole nitrogens is 1. The van der Waals surface area contributed by atoms with E-state index in [2.05, 4.69) is 20.1 Å². The summed E-state index contributed by atoms with van der Waals surface area (Å²) in [7, 11) is 0. The van der Waals surface area contributed by atoms with Crippen molar-refractivity contribution in [2.75, 3.05) is 0 Å². The lowest BCUT2D eigenvalue weighted by Gasteiger charge is -1.94. The summed E-state index contributed by atoms with van der Waals surface area (Å²) in [4.78, 5) is 11.5. The molecule has 0 aliphatic carbocycles. The van der Waals surface area contributed by atoms with Crippen molar-refractivity contribution in [2.45, 2.75) is 0 Å². The molecule has 0 saturated carbocycles. The van der Waals surface area contributed by atoms with Crippen LogP contribution in [-0.4, -0.2) is 20.1 Å². The summed E-state index contributed by atoms with van der Waals surface area (Å²) in [5.41, 5.74) is 3.28. The Kier molecular flexibility index (Phi) is 2.53. The monoisotopic (exact) mass is 280 g/mol. The molecule has 4 aromatic rings. The predicted molar refractivity (Wildman–Crippen MR) is 74.8 cm³/mol. The molecule has 0 aliphatic rings. The molecule has 0 saturated heterocycles. The maximum atomic E-state index is 12.9. The number of imidazole rings is 1. The fraction of sp³-hybridized carbons (Fsp3) is 0. The third kappa shape index (κ3) is 2.06. The van der Waals surface area contributed by atoms with Gasteiger partial charge in [-0.05, 0) is 42.5 Å². The molecule has 0 radical (unpaired) electrons. The van der Waals surface area contributed by atoms with Gasteiger partial charge in [0.05, 0.1) is 17.4 Å². The molecule has 2 aromatic carbocycles. The van der Waals surface area contributed by atoms with Gasteiger partial charge < -0.3 is 9.51 Å². The number of aromatic amines is 1. The van der Waals surface area contributed by atoms with Crippen LogP contribution < -0.4 is 0 Å². The van der Waals surface area contributed by atoms with Crippen molar-refractivity contribution in [3.8, 4) is 22.8 Å². The second-order valence-electron chi connectivity index (χ2n) is 4.56. The largest absolute Gasteiger partial charge is 0.345 e. The van der Waals surface area contributed by atoms with Crippen molar-refractivity contribution >= 4 is 11.0 Å². The molecule has 0 fully saturated rings. The van der Waals surface area contributed by atoms with E-state index in [1.54, 1.807) is 18.5 Å². The second kappa shape index (κ2) is 4.52. The summed E-state index contributed by atoms with van der Waals surface area (Å²) >= 11 is 0. The minimum atomic E-state index is -0.303. The van der Waals surface area contributed by atoms with Gasteiger partial charge in [0.1, 0.15) is 5.82 Å². The number of nitrogens with one attached hydrogen (secondary N) is 1. The van der Waals surface area contributed by atoms with Crippen molar-refractivity contribution in [1.82, 2.24) is 20.1 Å². The van der Waals surface area contributed by atoms with Crippen molar-refractivity contribution in [3.63, 3.8) is 0 Å². The van der Waals surface area contributed by atoms with Crippen LogP contribution in [-0.2, 0) is 0 Å². The smallest absolute Gasteiger partial charge is 0.258 e. The summed E-state index contributed by atoms with van der Waals surface area (Å²) in [6, 6.07) is 11.6. The molecular weight excluding hydrogens is 271 g/mol. The van der Waals surface area contributed by atoms with Crippen LogP contribution in [0, 0.1) is 5.82 Å². The van der Waals surface area contributed by atoms with Crippen LogP contribution >= 0.6 is 0 Å². The van der Waals surface area contributed by atoms with Gasteiger partial charge in [-0.15, -0.1) is 0 Å². The molecule has 6 heteroatoms. The van der Waals surface area contributed by atoms with E-state index in [-0.39, 0.29) is 5.82 Å². The highest BCUT2D eigenvalue weighted by atomic mass is 19.1. The highest BCUT2D eigenvalue weighted by molar-refractivity contribution is 5.80. The highest BCUT2D eigenvalue weighted by Crippen LogP contribution is 2.24. The first kappa shape index (κ1) is 11.8. The van der Waals surface area contributed by atoms with Gasteiger partial charge in [-0.1, -0.05) is 5.16 Å². The summed E-state index contributed by atoms with van der Waals surface area (Å²) in [5, 5.41) is 3.96. The number of benzene rings is 2. The Hall–Kier alpha value is -3.02. The molecule has 4 rings (SSSR count). The van der Waals surface area contributed by atoms with Gasteiger partial charge in [0, 0.05) is 11.1 Å². The molecule has 0 unspecified atom stereocenters. The Bertz CT molecular complexity index is 911. The van der Waals surface area contributed by atoms with E-state index in [0.717, 1.165) is 16.6 Å². The Morgan fingerprint density at radius 3 is 2.67 bits per heavy atom. The van der Waals surface area contributed by atoms with Crippen molar-refractivity contribution in [1.29, 1.82) is 0 Å². The molecule has 0 amide bonds. The van der Waals surface area contributed by atoms with Gasteiger partial charge in [0.25, 0.3) is 5.89 Å². The Morgan fingerprint density at radius 2 is 1.81 bits per heavy atom. The standard InChI is InChI=1S/C15H9FN4O/c16-11-4-1-9(2-5-11)15-19-14(20-21-15)10-3-6-12-13(7-10)18-8-17-12/h1-8H,(H,17,18). The van der Waals surface area contributed by atoms with E-state index in [4.69, 9.17) is 4.52 Å². The first-order chi connectivity index (χ1) is 10.3. The first-order valence-electron chi connectivity index (χ1n) is 6.33. The third-order valence-electron chi connectivity index (χ3n) is 3.20. The van der Waals surface area contributed by atoms with E-state index in [0.29, 0.717) is 17.3 Å². The second-order valence-corrected chi connectivity index (χ2v) is 4.56. The van der Waals surface area contributed by atoms with Crippen LogP contribution in [0.15, 0.2) is 53.3 Å². The van der Waals surface area contributed by atoms with Crippen LogP contribution in [0.3, 0.4) is 0 Å². The molecule has 2 heterocycles. The topological polar surface area (TPSA) is 67.6 Å². The average Bonchev–Trinajstić information content (AvgIpc) is 3.16. The Balaban J connectivity index is 1.74. The molecule has 0 spiro atoms. The van der Waals surface area contributed by atoms with Gasteiger partial charge in [-0.2, -0.15) is 4.98 Å². The molecule has 5 nitrogen and oxygen atoms in total. The van der Waals surface area contributed by atoms with Crippen LogP contribution in [0.1, 0.15) is 0 Å². The van der Waals surface area contributed by atoms with Crippen molar-refractivity contribution in [3.05, 3.63) is 54.6 Å². The van der Waals surface area contributed by atoms with Gasteiger partial charge in [-0.25, -0.2) is 9.37 Å². The number of fused-ring (bicyclic) bond motifs is 1. The van der Waals surface area contributed by atoms with Gasteiger partial charge in [-0.3, -0.25) is 0 Å². The van der Waals surface area contributed by atoms with Crippen LogP contribution in [0.4, 0.5) is 4.39 Å². The number of halogens is 1. The molecule has 0 atom stereocenters. The summed E-state index contributed by atoms with van der Waals surface area (Å²) < 4.78 is 18.1. The minimum Gasteiger partial charge on any atom is -0.345 e. The van der Waals surface area contributed by atoms with E-state index in [1.165, 1.54) is 12.1 Å². The number of nitrogens with zero attached hydrogens (tertiary/aromatic N) is 3. The Labute approximate surface area is 118 Å². The first-order valence-corrected chi connectivity index (χ1v) is 6.33. The fourth-order valence-electron chi connectivity index (χ4n) is 2.13. The quantitative estimate of drug-likeness (QED) is 0.611. The minimum absolute atomic E-state index is 0.303. The van der Waals surface area contributed by atoms with E-state index >= 15 is 0 Å². The number of rotatable bonds is 2. The number of aromatic nitrogens is 4. The highest BCUT2D eigenvalue weighted by Gasteiger charge is 2.11. The predicted octanol–water partition coefficient (Wildman–Crippen LogP) is 3.42. The zero-order chi connectivity index (χ0) is 14.2.